The molecule has 32 heavy (non-hydrogen) atoms. The van der Waals surface area contributed by atoms with E-state index in [-0.39, 0.29) is 41.9 Å². The van der Waals surface area contributed by atoms with Crippen LogP contribution in [0.1, 0.15) is 28.8 Å². The topological polar surface area (TPSA) is 122 Å². The van der Waals surface area contributed by atoms with Crippen molar-refractivity contribution in [3.8, 4) is 11.5 Å². The molecule has 1 saturated heterocycles. The molecule has 2 aromatic rings. The minimum atomic E-state index is -3.69. The summed E-state index contributed by atoms with van der Waals surface area (Å²) in [6, 6.07) is 10.9. The van der Waals surface area contributed by atoms with Crippen LogP contribution in [0.2, 0.25) is 0 Å². The van der Waals surface area contributed by atoms with E-state index in [4.69, 9.17) is 14.6 Å². The Morgan fingerprint density at radius 3 is 2.31 bits per heavy atom. The number of carbonyl (C=O) groups excluding carboxylic acids is 1. The lowest BCUT2D eigenvalue weighted by molar-refractivity contribution is -0.126. The van der Waals surface area contributed by atoms with Gasteiger partial charge in [-0.3, -0.25) is 4.79 Å². The molecule has 2 aliphatic rings. The number of fused-ring (bicyclic) bond motifs is 1. The number of nitrogens with zero attached hydrogens (tertiary/aromatic N) is 1. The van der Waals surface area contributed by atoms with Crippen molar-refractivity contribution >= 4 is 21.9 Å². The molecule has 1 fully saturated rings. The lowest BCUT2D eigenvalue weighted by Gasteiger charge is -2.31. The van der Waals surface area contributed by atoms with Crippen LogP contribution in [0, 0.1) is 5.92 Å². The summed E-state index contributed by atoms with van der Waals surface area (Å²) in [6.07, 6.45) is 0.848. The first-order chi connectivity index (χ1) is 15.3. The summed E-state index contributed by atoms with van der Waals surface area (Å²) in [6.45, 7) is 1.60. The van der Waals surface area contributed by atoms with Crippen LogP contribution in [-0.4, -0.2) is 56.0 Å². The van der Waals surface area contributed by atoms with Gasteiger partial charge in [-0.15, -0.1) is 0 Å². The second kappa shape index (κ2) is 9.17. The number of hydrogen-bond acceptors (Lipinski definition) is 6. The van der Waals surface area contributed by atoms with Crippen LogP contribution >= 0.6 is 0 Å². The molecule has 4 rings (SSSR count). The Morgan fingerprint density at radius 1 is 1.00 bits per heavy atom. The van der Waals surface area contributed by atoms with Gasteiger partial charge in [0.25, 0.3) is 0 Å². The number of benzene rings is 2. The Balaban J connectivity index is 1.32. The van der Waals surface area contributed by atoms with Gasteiger partial charge in [-0.2, -0.15) is 4.31 Å². The van der Waals surface area contributed by atoms with Crippen LogP contribution in [0.5, 0.6) is 11.5 Å². The predicted molar refractivity (Wildman–Crippen MR) is 114 cm³/mol. The Kier molecular flexibility index (Phi) is 6.33. The highest BCUT2D eigenvalue weighted by molar-refractivity contribution is 7.89. The standard InChI is InChI=1S/C22H24N2O7S/c25-21(23-14-15-1-3-17(4-2-15)22(26)27)16-7-9-24(10-8-16)32(28,29)18-5-6-19-20(13-18)31-12-11-30-19/h1-6,13,16H,7-12,14H2,(H,23,25)(H,26,27). The maximum Gasteiger partial charge on any atom is 0.335 e. The van der Waals surface area contributed by atoms with Crippen LogP contribution in [-0.2, 0) is 21.4 Å². The normalized spacial score (nSPS) is 17.0. The van der Waals surface area contributed by atoms with Crippen LogP contribution in [0.15, 0.2) is 47.4 Å². The SMILES string of the molecule is O=C(O)c1ccc(CNC(=O)C2CCN(S(=O)(=O)c3ccc4c(c3)OCCO4)CC2)cc1. The fraction of sp³-hybridized carbons (Fsp3) is 0.364. The molecule has 0 aliphatic carbocycles. The quantitative estimate of drug-likeness (QED) is 0.675. The van der Waals surface area contributed by atoms with Crippen molar-refractivity contribution in [2.45, 2.75) is 24.3 Å². The zero-order valence-electron chi connectivity index (χ0n) is 17.3. The van der Waals surface area contributed by atoms with Gasteiger partial charge in [0, 0.05) is 31.6 Å². The number of amides is 1. The summed E-state index contributed by atoms with van der Waals surface area (Å²) in [4.78, 5) is 23.6. The van der Waals surface area contributed by atoms with E-state index in [1.807, 2.05) is 0 Å². The molecule has 2 N–H and O–H groups in total. The van der Waals surface area contributed by atoms with E-state index in [2.05, 4.69) is 5.32 Å². The van der Waals surface area contributed by atoms with Gasteiger partial charge >= 0.3 is 5.97 Å². The molecule has 2 heterocycles. The van der Waals surface area contributed by atoms with Gasteiger partial charge in [-0.05, 0) is 42.7 Å². The summed E-state index contributed by atoms with van der Waals surface area (Å²) >= 11 is 0. The number of rotatable bonds is 6. The van der Waals surface area contributed by atoms with E-state index in [1.54, 1.807) is 18.2 Å². The highest BCUT2D eigenvalue weighted by Gasteiger charge is 2.32. The predicted octanol–water partition coefficient (Wildman–Crippen LogP) is 1.87. The molecule has 9 nitrogen and oxygen atoms in total. The first kappa shape index (κ1) is 22.1. The van der Waals surface area contributed by atoms with Crippen molar-refractivity contribution in [3.63, 3.8) is 0 Å². The third-order valence-corrected chi connectivity index (χ3v) is 7.54. The molecule has 0 radical (unpaired) electrons. The second-order valence-corrected chi connectivity index (χ2v) is 9.64. The summed E-state index contributed by atoms with van der Waals surface area (Å²) < 4.78 is 38.4. The lowest BCUT2D eigenvalue weighted by atomic mass is 9.97. The third kappa shape index (κ3) is 4.71. The highest BCUT2D eigenvalue weighted by Crippen LogP contribution is 2.34. The molecule has 170 valence electrons. The second-order valence-electron chi connectivity index (χ2n) is 7.70. The number of ether oxygens (including phenoxy) is 2. The smallest absolute Gasteiger partial charge is 0.335 e. The van der Waals surface area contributed by atoms with Crippen LogP contribution in [0.25, 0.3) is 0 Å². The largest absolute Gasteiger partial charge is 0.486 e. The van der Waals surface area contributed by atoms with Gasteiger partial charge in [0.05, 0.1) is 10.5 Å². The fourth-order valence-electron chi connectivity index (χ4n) is 3.79. The Labute approximate surface area is 186 Å². The number of nitrogens with one attached hydrogen (secondary N) is 1. The molecule has 0 bridgehead atoms. The Morgan fingerprint density at radius 2 is 1.66 bits per heavy atom. The summed E-state index contributed by atoms with van der Waals surface area (Å²) in [5, 5.41) is 11.8. The molecule has 0 atom stereocenters. The van der Waals surface area contributed by atoms with Gasteiger partial charge in [0.15, 0.2) is 11.5 Å². The van der Waals surface area contributed by atoms with E-state index < -0.39 is 16.0 Å². The zero-order chi connectivity index (χ0) is 22.7. The number of sulfonamides is 1. The van der Waals surface area contributed by atoms with Crippen LogP contribution in [0.3, 0.4) is 0 Å². The van der Waals surface area contributed by atoms with Crippen molar-refractivity contribution in [1.29, 1.82) is 0 Å². The monoisotopic (exact) mass is 460 g/mol. The number of hydrogen-bond donors (Lipinski definition) is 2. The fourth-order valence-corrected chi connectivity index (χ4v) is 5.28. The summed E-state index contributed by atoms with van der Waals surface area (Å²) in [5.74, 6) is -0.464. The molecule has 0 aromatic heterocycles. The minimum Gasteiger partial charge on any atom is -0.486 e. The molecular weight excluding hydrogens is 436 g/mol. The molecular formula is C22H24N2O7S. The summed E-state index contributed by atoms with van der Waals surface area (Å²) in [7, 11) is -3.69. The molecule has 10 heteroatoms. The highest BCUT2D eigenvalue weighted by atomic mass is 32.2. The number of carboxylic acids is 1. The number of aromatic carboxylic acids is 1. The first-order valence-electron chi connectivity index (χ1n) is 10.3. The van der Waals surface area contributed by atoms with E-state index in [9.17, 15) is 18.0 Å². The molecule has 0 saturated carbocycles. The number of carboxylic acid groups (broad SMARTS) is 1. The van der Waals surface area contributed by atoms with Crippen LogP contribution in [0.4, 0.5) is 0 Å². The first-order valence-corrected chi connectivity index (χ1v) is 11.8. The Bertz CT molecular complexity index is 1110. The van der Waals surface area contributed by atoms with Crippen LogP contribution < -0.4 is 14.8 Å². The maximum atomic E-state index is 13.0. The average Bonchev–Trinajstić information content (AvgIpc) is 2.82. The third-order valence-electron chi connectivity index (χ3n) is 5.64. The van der Waals surface area contributed by atoms with Crippen molar-refractivity contribution in [2.75, 3.05) is 26.3 Å². The van der Waals surface area contributed by atoms with Gasteiger partial charge in [0.2, 0.25) is 15.9 Å². The molecule has 2 aliphatic heterocycles. The van der Waals surface area contributed by atoms with Gasteiger partial charge in [-0.1, -0.05) is 12.1 Å². The number of piperidine rings is 1. The van der Waals surface area contributed by atoms with E-state index in [0.29, 0.717) is 37.6 Å². The molecule has 2 aromatic carbocycles. The molecule has 1 amide bonds. The molecule has 0 spiro atoms. The van der Waals surface area contributed by atoms with Gasteiger partial charge in [0.1, 0.15) is 13.2 Å². The average molecular weight is 461 g/mol. The van der Waals surface area contributed by atoms with Crippen molar-refractivity contribution < 1.29 is 32.6 Å². The van der Waals surface area contributed by atoms with E-state index in [1.165, 1.54) is 28.6 Å². The lowest BCUT2D eigenvalue weighted by Crippen LogP contribution is -2.42. The van der Waals surface area contributed by atoms with Crippen molar-refractivity contribution in [2.24, 2.45) is 5.92 Å². The van der Waals surface area contributed by atoms with E-state index in [0.717, 1.165) is 5.56 Å². The van der Waals surface area contributed by atoms with Gasteiger partial charge < -0.3 is 19.9 Å². The summed E-state index contributed by atoms with van der Waals surface area (Å²) in [5.41, 5.74) is 0.980. The zero-order valence-corrected chi connectivity index (χ0v) is 18.1. The Hall–Kier alpha value is -3.11. The minimum absolute atomic E-state index is 0.135. The maximum absolute atomic E-state index is 13.0. The van der Waals surface area contributed by atoms with E-state index >= 15 is 0 Å². The number of carbonyl (C=O) groups is 2. The van der Waals surface area contributed by atoms with Crippen molar-refractivity contribution in [1.82, 2.24) is 9.62 Å². The van der Waals surface area contributed by atoms with Crippen molar-refractivity contribution in [3.05, 3.63) is 53.6 Å². The molecule has 0 unspecified atom stereocenters. The van der Waals surface area contributed by atoms with Gasteiger partial charge in [-0.25, -0.2) is 13.2 Å².